The number of rotatable bonds is 6. The molecule has 3 heterocycles. The molecule has 1 aliphatic rings. The first-order valence-electron chi connectivity index (χ1n) is 11.5. The Labute approximate surface area is 237 Å². The molecule has 1 aromatic carbocycles. The van der Waals surface area contributed by atoms with Gasteiger partial charge in [0.15, 0.2) is 11.3 Å². The Morgan fingerprint density at radius 1 is 1.05 bits per heavy atom. The van der Waals surface area contributed by atoms with E-state index >= 15 is 0 Å². The van der Waals surface area contributed by atoms with Crippen molar-refractivity contribution in [3.63, 3.8) is 0 Å². The van der Waals surface area contributed by atoms with Crippen LogP contribution in [0.25, 0.3) is 17.0 Å². The van der Waals surface area contributed by atoms with Gasteiger partial charge in [-0.25, -0.2) is 9.55 Å². The van der Waals surface area contributed by atoms with E-state index in [4.69, 9.17) is 9.72 Å². The number of carbonyl (C=O) groups is 1. The summed E-state index contributed by atoms with van der Waals surface area (Å²) in [6.45, 7) is 10.1. The molecule has 37 heavy (non-hydrogen) atoms. The number of hydrogen-bond donors (Lipinski definition) is 1. The van der Waals surface area contributed by atoms with E-state index < -0.39 is 10.8 Å². The van der Waals surface area contributed by atoms with E-state index in [-0.39, 0.29) is 30.6 Å². The third kappa shape index (κ3) is 4.97. The Morgan fingerprint density at radius 2 is 1.70 bits per heavy atom. The van der Waals surface area contributed by atoms with Crippen LogP contribution in [-0.2, 0) is 21.4 Å². The van der Waals surface area contributed by atoms with Crippen LogP contribution in [-0.4, -0.2) is 27.8 Å². The predicted octanol–water partition coefficient (Wildman–Crippen LogP) is 3.06. The summed E-state index contributed by atoms with van der Waals surface area (Å²) < 4.78 is 7.71. The van der Waals surface area contributed by atoms with Gasteiger partial charge in [0.05, 0.1) is 19.1 Å². The summed E-state index contributed by atoms with van der Waals surface area (Å²) in [5.74, 6) is 2.61. The molecule has 0 amide bonds. The number of aromatic amines is 1. The summed E-state index contributed by atoms with van der Waals surface area (Å²) in [7, 11) is 5.18. The maximum Gasteiger partial charge on any atom is 0.402 e. The van der Waals surface area contributed by atoms with Crippen LogP contribution >= 0.6 is 34.0 Å². The number of methoxy groups -OCH3 is 1. The number of ether oxygens (including phenoxy) is 1. The number of fused-ring (bicyclic) bond motifs is 2. The van der Waals surface area contributed by atoms with Crippen molar-refractivity contribution in [1.29, 1.82) is 0 Å². The van der Waals surface area contributed by atoms with Gasteiger partial charge >= 0.3 is 5.95 Å². The largest absolute Gasteiger partial charge is 1.00 e. The first-order chi connectivity index (χ1) is 16.6. The molecular formula is C27H30Cl2N4O2S2. The monoisotopic (exact) mass is 576 g/mol. The second kappa shape index (κ2) is 10.8. The summed E-state index contributed by atoms with van der Waals surface area (Å²) in [5, 5.41) is 0. The molecule has 0 saturated heterocycles. The Hall–Kier alpha value is -2.26. The molecule has 0 spiro atoms. The van der Waals surface area contributed by atoms with Crippen molar-refractivity contribution < 1.29 is 26.5 Å². The summed E-state index contributed by atoms with van der Waals surface area (Å²) in [4.78, 5) is 26.8. The van der Waals surface area contributed by atoms with E-state index in [1.807, 2.05) is 64.5 Å². The van der Waals surface area contributed by atoms with Gasteiger partial charge in [0.25, 0.3) is 0 Å². The minimum Gasteiger partial charge on any atom is -1.00 e. The number of benzene rings is 1. The van der Waals surface area contributed by atoms with E-state index in [0.29, 0.717) is 0 Å². The van der Waals surface area contributed by atoms with E-state index in [1.54, 1.807) is 28.7 Å². The maximum atomic E-state index is 13.1. The van der Waals surface area contributed by atoms with Gasteiger partial charge in [-0.1, -0.05) is 26.6 Å². The van der Waals surface area contributed by atoms with E-state index in [0.717, 1.165) is 55.8 Å². The van der Waals surface area contributed by atoms with Crippen LogP contribution in [0.3, 0.4) is 0 Å². The van der Waals surface area contributed by atoms with Crippen LogP contribution in [0.15, 0.2) is 53.8 Å². The number of imidazole rings is 1. The van der Waals surface area contributed by atoms with Gasteiger partial charge in [-0.2, -0.15) is 0 Å². The van der Waals surface area contributed by atoms with Crippen LogP contribution < -0.4 is 21.7 Å². The van der Waals surface area contributed by atoms with Crippen LogP contribution in [0.2, 0.25) is 0 Å². The molecule has 0 radical (unpaired) electrons. The first-order valence-corrected chi connectivity index (χ1v) is 13.8. The lowest BCUT2D eigenvalue weighted by Crippen LogP contribution is -3.00. The molecule has 4 aromatic rings. The zero-order chi connectivity index (χ0) is 25.0. The Morgan fingerprint density at radius 3 is 2.35 bits per heavy atom. The Bertz CT molecular complexity index is 1400. The molecule has 0 unspecified atom stereocenters. The number of hydrogen-bond acceptors (Lipinski definition) is 6. The molecular weight excluding hydrogens is 547 g/mol. The average Bonchev–Trinajstić information content (AvgIpc) is 3.31. The lowest BCUT2D eigenvalue weighted by Gasteiger charge is -2.21. The second-order valence-electron chi connectivity index (χ2n) is 9.91. The number of pyridine rings is 2. The number of Topliss-reactive ketones (excluding diaryl/α,β-unsaturated/α-hetero) is 1. The third-order valence-electron chi connectivity index (χ3n) is 7.01. The lowest BCUT2D eigenvalue weighted by atomic mass is 9.80. The average molecular weight is 578 g/mol. The fraction of sp³-hybridized carbons (Fsp3) is 0.333. The molecule has 5 rings (SSSR count). The molecule has 0 fully saturated rings. The van der Waals surface area contributed by atoms with E-state index in [9.17, 15) is 4.79 Å². The van der Waals surface area contributed by atoms with Crippen molar-refractivity contribution in [2.45, 2.75) is 56.1 Å². The normalized spacial score (nSPS) is 15.1. The topological polar surface area (TPSA) is 71.8 Å². The molecule has 3 aromatic heterocycles. The molecule has 0 saturated carbocycles. The fourth-order valence-electron chi connectivity index (χ4n) is 5.04. The molecule has 0 bridgehead atoms. The highest BCUT2D eigenvalue weighted by atomic mass is 35.5. The standard InChI is InChI=1S/C27H29N4O2S2.2ClH/c1-16-22(15-34-35-17-7-10-28-11-8-17)31(12-9-23(16)33-6)25-29-20-13-18-19(14-21(20)30-25)27(4,5)24(32)26(18,2)3;;/h7-14H,15H2,1-6H3,(H,29,30);2*1H/q+1;;/p-1. The highest BCUT2D eigenvalue weighted by molar-refractivity contribution is 8.76. The van der Waals surface area contributed by atoms with Crippen molar-refractivity contribution in [3.05, 3.63) is 71.3 Å². The van der Waals surface area contributed by atoms with Gasteiger partial charge in [0, 0.05) is 39.7 Å². The van der Waals surface area contributed by atoms with Crippen molar-refractivity contribution in [3.8, 4) is 11.7 Å². The highest BCUT2D eigenvalue weighted by Gasteiger charge is 2.50. The zero-order valence-corrected chi connectivity index (χ0v) is 24.8. The molecule has 0 aliphatic heterocycles. The van der Waals surface area contributed by atoms with Crippen molar-refractivity contribution in [2.24, 2.45) is 0 Å². The first kappa shape index (κ1) is 29.3. The van der Waals surface area contributed by atoms with Gasteiger partial charge in [0.1, 0.15) is 17.0 Å². The van der Waals surface area contributed by atoms with Crippen LogP contribution in [0.1, 0.15) is 50.1 Å². The smallest absolute Gasteiger partial charge is 0.402 e. The van der Waals surface area contributed by atoms with E-state index in [1.165, 1.54) is 0 Å². The van der Waals surface area contributed by atoms with Gasteiger partial charge in [0.2, 0.25) is 0 Å². The summed E-state index contributed by atoms with van der Waals surface area (Å²) in [6.07, 6.45) is 5.62. The predicted molar refractivity (Wildman–Crippen MR) is 149 cm³/mol. The maximum absolute atomic E-state index is 13.1. The fourth-order valence-corrected chi connectivity index (χ4v) is 7.19. The van der Waals surface area contributed by atoms with Crippen molar-refractivity contribution in [1.82, 2.24) is 15.0 Å². The SMILES string of the molecule is COc1cc[n+](-c2nc3cc4c(cc3[nH]2)C(C)(C)C(=O)C4(C)C)c(CSSc2ccncc2)c1C.Cl.[Cl-]. The summed E-state index contributed by atoms with van der Waals surface area (Å²) >= 11 is 0. The molecule has 1 N–H and O–H groups in total. The quantitative estimate of drug-likeness (QED) is 0.281. The second-order valence-corrected chi connectivity index (χ2v) is 12.3. The molecule has 0 atom stereocenters. The number of halogens is 2. The van der Waals surface area contributed by atoms with Crippen LogP contribution in [0.5, 0.6) is 5.75 Å². The number of carbonyl (C=O) groups excluding carboxylic acids is 1. The van der Waals surface area contributed by atoms with Gasteiger partial charge < -0.3 is 17.1 Å². The van der Waals surface area contributed by atoms with Crippen LogP contribution in [0, 0.1) is 6.92 Å². The zero-order valence-electron chi connectivity index (χ0n) is 21.6. The van der Waals surface area contributed by atoms with Gasteiger partial charge in [-0.3, -0.25) is 9.78 Å². The summed E-state index contributed by atoms with van der Waals surface area (Å²) in [5.41, 5.74) is 5.09. The number of ketones is 1. The molecule has 10 heteroatoms. The Kier molecular flexibility index (Phi) is 8.59. The molecule has 196 valence electrons. The van der Waals surface area contributed by atoms with Crippen molar-refractivity contribution >= 4 is 50.8 Å². The molecule has 6 nitrogen and oxygen atoms in total. The minimum absolute atomic E-state index is 0. The van der Waals surface area contributed by atoms with Gasteiger partial charge in [-0.05, 0) is 70.0 Å². The van der Waals surface area contributed by atoms with E-state index in [2.05, 4.69) is 33.6 Å². The minimum atomic E-state index is -0.526. The molecule has 1 aliphatic carbocycles. The highest BCUT2D eigenvalue weighted by Crippen LogP contribution is 2.47. The number of aromatic nitrogens is 4. The van der Waals surface area contributed by atoms with Gasteiger partial charge in [-0.15, -0.1) is 12.4 Å². The number of nitrogens with one attached hydrogen (secondary N) is 1. The lowest BCUT2D eigenvalue weighted by molar-refractivity contribution is -0.610. The number of nitrogens with zero attached hydrogens (tertiary/aromatic N) is 3. The summed E-state index contributed by atoms with van der Waals surface area (Å²) in [6, 6.07) is 10.2. The van der Waals surface area contributed by atoms with Crippen molar-refractivity contribution in [2.75, 3.05) is 7.11 Å². The Balaban J connectivity index is 0.00000190. The number of H-pyrrole nitrogens is 1. The van der Waals surface area contributed by atoms with Crippen LogP contribution in [0.4, 0.5) is 0 Å². The third-order valence-corrected chi connectivity index (χ3v) is 9.27.